The Balaban J connectivity index is 2.23. The molecule has 0 amide bonds. The van der Waals surface area contributed by atoms with E-state index in [0.717, 1.165) is 23.5 Å². The Hall–Kier alpha value is -1.51. The highest BCUT2D eigenvalue weighted by Crippen LogP contribution is 2.51. The minimum Gasteiger partial charge on any atom is -0.497 e. The van der Waals surface area contributed by atoms with Gasteiger partial charge < -0.3 is 9.47 Å². The summed E-state index contributed by atoms with van der Waals surface area (Å²) >= 11 is 0. The molecule has 1 aromatic carbocycles. The van der Waals surface area contributed by atoms with Gasteiger partial charge in [-0.15, -0.1) is 0 Å². The van der Waals surface area contributed by atoms with Crippen molar-refractivity contribution in [3.8, 4) is 11.5 Å². The number of carbonyl (C=O) groups is 1. The van der Waals surface area contributed by atoms with Crippen LogP contribution in [0.3, 0.4) is 0 Å². The number of Topliss-reactive ketones (excluding diaryl/α,β-unsaturated/α-hetero) is 1. The van der Waals surface area contributed by atoms with Crippen LogP contribution in [0, 0.1) is 5.92 Å². The normalized spacial score (nSPS) is 22.1. The van der Waals surface area contributed by atoms with Crippen LogP contribution < -0.4 is 9.47 Å². The molecule has 1 aromatic rings. The predicted molar refractivity (Wildman–Crippen MR) is 65.7 cm³/mol. The molecule has 1 fully saturated rings. The third-order valence-electron chi connectivity index (χ3n) is 3.39. The molecule has 2 rings (SSSR count). The molecule has 1 aliphatic carbocycles. The van der Waals surface area contributed by atoms with Crippen molar-refractivity contribution >= 4 is 5.78 Å². The second kappa shape index (κ2) is 4.78. The standard InChI is InChI=1S/C14H18O3/c1-4-13(15)11-8-10(11)12-7-9(16-2)5-6-14(12)17-3/h5-7,10-11H,4,8H2,1-3H3. The van der Waals surface area contributed by atoms with Gasteiger partial charge in [-0.25, -0.2) is 0 Å². The Bertz CT molecular complexity index is 425. The minimum absolute atomic E-state index is 0.181. The Morgan fingerprint density at radius 1 is 1.35 bits per heavy atom. The van der Waals surface area contributed by atoms with E-state index in [9.17, 15) is 4.79 Å². The highest BCUT2D eigenvalue weighted by atomic mass is 16.5. The second-order valence-electron chi connectivity index (χ2n) is 4.38. The van der Waals surface area contributed by atoms with Gasteiger partial charge in [0.1, 0.15) is 17.3 Å². The van der Waals surface area contributed by atoms with Gasteiger partial charge in [-0.05, 0) is 30.5 Å². The molecule has 0 spiro atoms. The summed E-state index contributed by atoms with van der Waals surface area (Å²) in [6.45, 7) is 1.92. The first-order valence-corrected chi connectivity index (χ1v) is 5.95. The number of rotatable bonds is 5. The second-order valence-corrected chi connectivity index (χ2v) is 4.38. The lowest BCUT2D eigenvalue weighted by Gasteiger charge is -2.10. The van der Waals surface area contributed by atoms with Gasteiger partial charge in [-0.3, -0.25) is 4.79 Å². The van der Waals surface area contributed by atoms with Crippen molar-refractivity contribution in [3.05, 3.63) is 23.8 Å². The van der Waals surface area contributed by atoms with Crippen LogP contribution in [0.5, 0.6) is 11.5 Å². The molecule has 0 saturated heterocycles. The van der Waals surface area contributed by atoms with E-state index in [-0.39, 0.29) is 5.92 Å². The molecule has 0 heterocycles. The first-order chi connectivity index (χ1) is 8.21. The third-order valence-corrected chi connectivity index (χ3v) is 3.39. The molecule has 3 heteroatoms. The van der Waals surface area contributed by atoms with Crippen molar-refractivity contribution < 1.29 is 14.3 Å². The molecule has 1 aliphatic rings. The average molecular weight is 234 g/mol. The first kappa shape index (κ1) is 12.0. The van der Waals surface area contributed by atoms with Crippen LogP contribution in [0.4, 0.5) is 0 Å². The highest BCUT2D eigenvalue weighted by Gasteiger charge is 2.44. The van der Waals surface area contributed by atoms with Crippen molar-refractivity contribution in [1.82, 2.24) is 0 Å². The van der Waals surface area contributed by atoms with Crippen molar-refractivity contribution in [1.29, 1.82) is 0 Å². The fraction of sp³-hybridized carbons (Fsp3) is 0.500. The Kier molecular flexibility index (Phi) is 3.36. The summed E-state index contributed by atoms with van der Waals surface area (Å²) < 4.78 is 10.6. The van der Waals surface area contributed by atoms with Crippen molar-refractivity contribution in [2.24, 2.45) is 5.92 Å². The van der Waals surface area contributed by atoms with Crippen LogP contribution in [0.25, 0.3) is 0 Å². The van der Waals surface area contributed by atoms with E-state index in [4.69, 9.17) is 9.47 Å². The van der Waals surface area contributed by atoms with E-state index in [2.05, 4.69) is 0 Å². The molecule has 1 saturated carbocycles. The number of benzene rings is 1. The zero-order chi connectivity index (χ0) is 12.4. The zero-order valence-corrected chi connectivity index (χ0v) is 10.5. The molecule has 0 N–H and O–H groups in total. The van der Waals surface area contributed by atoms with E-state index in [1.165, 1.54) is 0 Å². The molecule has 3 nitrogen and oxygen atoms in total. The van der Waals surface area contributed by atoms with E-state index >= 15 is 0 Å². The lowest BCUT2D eigenvalue weighted by atomic mass is 10.0. The maximum Gasteiger partial charge on any atom is 0.136 e. The van der Waals surface area contributed by atoms with Gasteiger partial charge in [-0.1, -0.05) is 6.92 Å². The number of hydrogen-bond acceptors (Lipinski definition) is 3. The number of hydrogen-bond donors (Lipinski definition) is 0. The monoisotopic (exact) mass is 234 g/mol. The number of methoxy groups -OCH3 is 2. The largest absolute Gasteiger partial charge is 0.497 e. The molecule has 2 atom stereocenters. The van der Waals surface area contributed by atoms with Crippen LogP contribution in [-0.2, 0) is 4.79 Å². The molecule has 0 bridgehead atoms. The van der Waals surface area contributed by atoms with Crippen LogP contribution in [0.1, 0.15) is 31.2 Å². The molecule has 17 heavy (non-hydrogen) atoms. The molecule has 92 valence electrons. The summed E-state index contributed by atoms with van der Waals surface area (Å²) in [6, 6.07) is 5.76. The average Bonchev–Trinajstić information content (AvgIpc) is 3.17. The van der Waals surface area contributed by atoms with Crippen LogP contribution in [-0.4, -0.2) is 20.0 Å². The van der Waals surface area contributed by atoms with Crippen molar-refractivity contribution in [3.63, 3.8) is 0 Å². The van der Waals surface area contributed by atoms with Crippen molar-refractivity contribution in [2.45, 2.75) is 25.7 Å². The van der Waals surface area contributed by atoms with Crippen LogP contribution >= 0.6 is 0 Å². The molecular formula is C14H18O3. The van der Waals surface area contributed by atoms with Crippen LogP contribution in [0.15, 0.2) is 18.2 Å². The fourth-order valence-corrected chi connectivity index (χ4v) is 2.29. The Morgan fingerprint density at radius 3 is 2.71 bits per heavy atom. The summed E-state index contributed by atoms with van der Waals surface area (Å²) in [5, 5.41) is 0. The molecule has 0 radical (unpaired) electrons. The van der Waals surface area contributed by atoms with Crippen molar-refractivity contribution in [2.75, 3.05) is 14.2 Å². The number of carbonyl (C=O) groups excluding carboxylic acids is 1. The van der Waals surface area contributed by atoms with Gasteiger partial charge >= 0.3 is 0 Å². The molecular weight excluding hydrogens is 216 g/mol. The summed E-state index contributed by atoms with van der Waals surface area (Å²) in [7, 11) is 3.30. The van der Waals surface area contributed by atoms with Gasteiger partial charge in [0.05, 0.1) is 14.2 Å². The minimum atomic E-state index is 0.181. The topological polar surface area (TPSA) is 35.5 Å². The zero-order valence-electron chi connectivity index (χ0n) is 10.5. The SMILES string of the molecule is CCC(=O)C1CC1c1cc(OC)ccc1OC. The summed E-state index contributed by atoms with van der Waals surface area (Å²) in [4.78, 5) is 11.6. The van der Waals surface area contributed by atoms with E-state index in [1.54, 1.807) is 14.2 Å². The first-order valence-electron chi connectivity index (χ1n) is 5.95. The summed E-state index contributed by atoms with van der Waals surface area (Å²) in [5.74, 6) is 2.51. The number of ether oxygens (including phenoxy) is 2. The van der Waals surface area contributed by atoms with Gasteiger partial charge in [0.25, 0.3) is 0 Å². The predicted octanol–water partition coefficient (Wildman–Crippen LogP) is 2.79. The maximum atomic E-state index is 11.6. The third kappa shape index (κ3) is 2.28. The molecule has 2 unspecified atom stereocenters. The summed E-state index contributed by atoms with van der Waals surface area (Å²) in [5.41, 5.74) is 1.10. The molecule has 0 aliphatic heterocycles. The Morgan fingerprint density at radius 2 is 2.12 bits per heavy atom. The van der Waals surface area contributed by atoms with Gasteiger partial charge in [0.15, 0.2) is 0 Å². The van der Waals surface area contributed by atoms with Gasteiger partial charge in [0, 0.05) is 17.9 Å². The lowest BCUT2D eigenvalue weighted by Crippen LogP contribution is -2.00. The van der Waals surface area contributed by atoms with E-state index < -0.39 is 0 Å². The smallest absolute Gasteiger partial charge is 0.136 e. The van der Waals surface area contributed by atoms with E-state index in [0.29, 0.717) is 18.1 Å². The number of ketones is 1. The maximum absolute atomic E-state index is 11.6. The fourth-order valence-electron chi connectivity index (χ4n) is 2.29. The summed E-state index contributed by atoms with van der Waals surface area (Å²) in [6.07, 6.45) is 1.56. The Labute approximate surface area is 102 Å². The molecule has 0 aromatic heterocycles. The van der Waals surface area contributed by atoms with Crippen LogP contribution in [0.2, 0.25) is 0 Å². The quantitative estimate of drug-likeness (QED) is 0.785. The lowest BCUT2D eigenvalue weighted by molar-refractivity contribution is -0.120. The highest BCUT2D eigenvalue weighted by molar-refractivity contribution is 5.85. The van der Waals surface area contributed by atoms with E-state index in [1.807, 2.05) is 25.1 Å². The van der Waals surface area contributed by atoms with Gasteiger partial charge in [0.2, 0.25) is 0 Å². The van der Waals surface area contributed by atoms with Gasteiger partial charge in [-0.2, -0.15) is 0 Å².